The smallest absolute Gasteiger partial charge is 0.416 e. The second-order valence-corrected chi connectivity index (χ2v) is 9.10. The molecule has 0 amide bonds. The van der Waals surface area contributed by atoms with Crippen LogP contribution in [-0.2, 0) is 15.3 Å². The molecule has 162 valence electrons. The predicted molar refractivity (Wildman–Crippen MR) is 110 cm³/mol. The standard InChI is InChI=1S/C20H14ClF3NO5P/c1-29-31(28,15-5-3-2-4-6-15)19-12-14(8-9-17(19)25(26)27)30-18-10-7-13(11-16(18)21)20(22,23)24/h2-12H,1H3. The molecule has 0 saturated carbocycles. The minimum atomic E-state index is -4.58. The van der Waals surface area contributed by atoms with Gasteiger partial charge in [0.2, 0.25) is 0 Å². The SMILES string of the molecule is COP(=O)(c1ccccc1)c1cc(Oc2ccc(C(F)(F)F)cc2Cl)ccc1[N+](=O)[O-]. The van der Waals surface area contributed by atoms with Crippen LogP contribution in [-0.4, -0.2) is 12.0 Å². The zero-order chi connectivity index (χ0) is 22.8. The second-order valence-electron chi connectivity index (χ2n) is 6.22. The molecular weight excluding hydrogens is 458 g/mol. The van der Waals surface area contributed by atoms with E-state index in [1.54, 1.807) is 18.2 Å². The van der Waals surface area contributed by atoms with Gasteiger partial charge < -0.3 is 9.26 Å². The number of rotatable bonds is 6. The second kappa shape index (κ2) is 8.70. The van der Waals surface area contributed by atoms with Gasteiger partial charge in [-0.15, -0.1) is 0 Å². The van der Waals surface area contributed by atoms with Crippen molar-refractivity contribution in [3.8, 4) is 11.5 Å². The Labute approximate surface area is 179 Å². The maximum absolute atomic E-state index is 13.6. The Morgan fingerprint density at radius 2 is 1.71 bits per heavy atom. The third kappa shape index (κ3) is 4.74. The number of nitro groups is 1. The number of nitrogens with zero attached hydrogens (tertiary/aromatic N) is 1. The van der Waals surface area contributed by atoms with Crippen molar-refractivity contribution in [2.24, 2.45) is 0 Å². The highest BCUT2D eigenvalue weighted by atomic mass is 35.5. The highest BCUT2D eigenvalue weighted by molar-refractivity contribution is 7.74. The van der Waals surface area contributed by atoms with E-state index in [-0.39, 0.29) is 27.1 Å². The van der Waals surface area contributed by atoms with Gasteiger partial charge in [-0.3, -0.25) is 14.7 Å². The zero-order valence-electron chi connectivity index (χ0n) is 15.8. The molecule has 31 heavy (non-hydrogen) atoms. The number of alkyl halides is 3. The molecule has 0 aromatic heterocycles. The highest BCUT2D eigenvalue weighted by Crippen LogP contribution is 2.47. The Morgan fingerprint density at radius 1 is 1.03 bits per heavy atom. The summed E-state index contributed by atoms with van der Waals surface area (Å²) in [5.74, 6) is -0.128. The summed E-state index contributed by atoms with van der Waals surface area (Å²) in [5.41, 5.74) is -1.41. The summed E-state index contributed by atoms with van der Waals surface area (Å²) >= 11 is 5.91. The topological polar surface area (TPSA) is 78.7 Å². The third-order valence-corrected chi connectivity index (χ3v) is 7.08. The number of hydrogen-bond acceptors (Lipinski definition) is 5. The van der Waals surface area contributed by atoms with Gasteiger partial charge in [0.05, 0.1) is 15.5 Å². The van der Waals surface area contributed by atoms with Crippen molar-refractivity contribution < 1.29 is 31.9 Å². The zero-order valence-corrected chi connectivity index (χ0v) is 17.4. The minimum Gasteiger partial charge on any atom is -0.456 e. The normalized spacial score (nSPS) is 13.5. The van der Waals surface area contributed by atoms with Crippen LogP contribution < -0.4 is 15.3 Å². The molecule has 0 aliphatic rings. The fraction of sp³-hybridized carbons (Fsp3) is 0.100. The molecule has 0 spiro atoms. The van der Waals surface area contributed by atoms with Crippen LogP contribution in [0.5, 0.6) is 11.5 Å². The third-order valence-electron chi connectivity index (χ3n) is 4.30. The summed E-state index contributed by atoms with van der Waals surface area (Å²) in [6, 6.07) is 13.9. The van der Waals surface area contributed by atoms with Gasteiger partial charge in [-0.2, -0.15) is 13.2 Å². The van der Waals surface area contributed by atoms with Crippen LogP contribution in [0, 0.1) is 10.1 Å². The van der Waals surface area contributed by atoms with Gasteiger partial charge in [0.1, 0.15) is 16.8 Å². The van der Waals surface area contributed by atoms with E-state index < -0.39 is 29.7 Å². The maximum atomic E-state index is 13.6. The van der Waals surface area contributed by atoms with Crippen LogP contribution in [0.3, 0.4) is 0 Å². The molecule has 0 fully saturated rings. The van der Waals surface area contributed by atoms with Gasteiger partial charge in [-0.1, -0.05) is 29.8 Å². The Balaban J connectivity index is 2.07. The van der Waals surface area contributed by atoms with Gasteiger partial charge in [0.15, 0.2) is 0 Å². The van der Waals surface area contributed by atoms with Crippen LogP contribution in [0.4, 0.5) is 18.9 Å². The molecule has 0 heterocycles. The molecule has 1 atom stereocenters. The number of benzene rings is 3. The summed E-state index contributed by atoms with van der Waals surface area (Å²) in [4.78, 5) is 10.8. The summed E-state index contributed by atoms with van der Waals surface area (Å²) in [7, 11) is -2.71. The van der Waals surface area contributed by atoms with E-state index in [1.807, 2.05) is 0 Å². The molecule has 3 aromatic rings. The molecule has 6 nitrogen and oxygen atoms in total. The fourth-order valence-electron chi connectivity index (χ4n) is 2.81. The summed E-state index contributed by atoms with van der Waals surface area (Å²) in [6.45, 7) is 0. The Hall–Kier alpha value is -2.87. The molecule has 1 unspecified atom stereocenters. The van der Waals surface area contributed by atoms with Crippen molar-refractivity contribution >= 4 is 35.3 Å². The minimum absolute atomic E-state index is 0.0181. The molecule has 11 heteroatoms. The number of hydrogen-bond donors (Lipinski definition) is 0. The molecule has 3 rings (SSSR count). The predicted octanol–water partition coefficient (Wildman–Crippen LogP) is 5.93. The molecule has 3 aromatic carbocycles. The van der Waals surface area contributed by atoms with E-state index in [2.05, 4.69) is 0 Å². The van der Waals surface area contributed by atoms with Gasteiger partial charge in [-0.25, -0.2) is 0 Å². The molecule has 0 radical (unpaired) electrons. The van der Waals surface area contributed by atoms with Crippen molar-refractivity contribution in [1.29, 1.82) is 0 Å². The van der Waals surface area contributed by atoms with Crippen molar-refractivity contribution in [1.82, 2.24) is 0 Å². The molecule has 0 bridgehead atoms. The van der Waals surface area contributed by atoms with E-state index >= 15 is 0 Å². The Morgan fingerprint density at radius 3 is 2.26 bits per heavy atom. The van der Waals surface area contributed by atoms with Crippen molar-refractivity contribution in [3.05, 3.63) is 87.4 Å². The van der Waals surface area contributed by atoms with Crippen molar-refractivity contribution in [3.63, 3.8) is 0 Å². The van der Waals surface area contributed by atoms with Gasteiger partial charge in [0, 0.05) is 24.5 Å². The van der Waals surface area contributed by atoms with Crippen LogP contribution >= 0.6 is 19.0 Å². The highest BCUT2D eigenvalue weighted by Gasteiger charge is 2.35. The summed E-state index contributed by atoms with van der Waals surface area (Å²) in [5, 5.41) is 11.2. The number of nitro benzene ring substituents is 1. The first kappa shape index (κ1) is 22.8. The van der Waals surface area contributed by atoms with Crippen molar-refractivity contribution in [2.45, 2.75) is 6.18 Å². The average molecular weight is 472 g/mol. The lowest BCUT2D eigenvalue weighted by Gasteiger charge is -2.18. The van der Waals surface area contributed by atoms with Crippen LogP contribution in [0.2, 0.25) is 5.02 Å². The van der Waals surface area contributed by atoms with E-state index in [0.29, 0.717) is 6.07 Å². The Bertz CT molecular complexity index is 1170. The monoisotopic (exact) mass is 471 g/mol. The number of halogens is 4. The first-order valence-corrected chi connectivity index (χ1v) is 10.6. The van der Waals surface area contributed by atoms with Crippen LogP contribution in [0.1, 0.15) is 5.56 Å². The van der Waals surface area contributed by atoms with E-state index in [0.717, 1.165) is 31.4 Å². The lowest BCUT2D eigenvalue weighted by Crippen LogP contribution is -2.20. The summed E-state index contributed by atoms with van der Waals surface area (Å²) in [6.07, 6.45) is -4.58. The maximum Gasteiger partial charge on any atom is 0.416 e. The largest absolute Gasteiger partial charge is 0.456 e. The quantitative estimate of drug-likeness (QED) is 0.253. The van der Waals surface area contributed by atoms with E-state index in [4.69, 9.17) is 20.9 Å². The molecule has 0 aliphatic heterocycles. The molecule has 0 aliphatic carbocycles. The first-order chi connectivity index (χ1) is 14.6. The number of ether oxygens (including phenoxy) is 1. The van der Waals surface area contributed by atoms with Gasteiger partial charge in [-0.05, 0) is 36.4 Å². The van der Waals surface area contributed by atoms with Crippen LogP contribution in [0.15, 0.2) is 66.7 Å². The lowest BCUT2D eigenvalue weighted by molar-refractivity contribution is -0.383. The summed E-state index contributed by atoms with van der Waals surface area (Å²) < 4.78 is 62.8. The van der Waals surface area contributed by atoms with E-state index in [1.165, 1.54) is 18.2 Å². The van der Waals surface area contributed by atoms with E-state index in [9.17, 15) is 27.9 Å². The molecular formula is C20H14ClF3NO5P. The van der Waals surface area contributed by atoms with Gasteiger partial charge >= 0.3 is 6.18 Å². The lowest BCUT2D eigenvalue weighted by atomic mass is 10.2. The molecule has 0 saturated heterocycles. The first-order valence-electron chi connectivity index (χ1n) is 8.61. The van der Waals surface area contributed by atoms with Crippen molar-refractivity contribution in [2.75, 3.05) is 7.11 Å². The average Bonchev–Trinajstić information content (AvgIpc) is 2.74. The Kier molecular flexibility index (Phi) is 6.40. The van der Waals surface area contributed by atoms with Gasteiger partial charge in [0.25, 0.3) is 13.1 Å². The molecule has 0 N–H and O–H groups in total. The van der Waals surface area contributed by atoms with Crippen LogP contribution in [0.25, 0.3) is 0 Å². The fourth-order valence-corrected chi connectivity index (χ4v) is 5.04.